The number of unbranched alkanes of at least 4 members (excludes halogenated alkanes) is 1. The molecule has 0 aromatic rings. The molecule has 0 bridgehead atoms. The van der Waals surface area contributed by atoms with Gasteiger partial charge < -0.3 is 53.1 Å². The van der Waals surface area contributed by atoms with Crippen molar-refractivity contribution in [1.29, 1.82) is 0 Å². The predicted molar refractivity (Wildman–Crippen MR) is 154 cm³/mol. The van der Waals surface area contributed by atoms with Crippen molar-refractivity contribution in [2.45, 2.75) is 125 Å². The van der Waals surface area contributed by atoms with Gasteiger partial charge in [-0.3, -0.25) is 19.2 Å². The molecule has 0 saturated carbocycles. The SMILES string of the molecule is CCCCO[C@@H]1OC2COC(C)(C)O[C@H]2C(O[C@@H]2OC(COC(C)=O)[C@H](OC(C)=O)C(O)[C@@H]2OC(C)=O)[C@@H]1NC(=O)C(Cl)(Cl)Cl. The smallest absolute Gasteiger partial charge is 0.303 e. The third kappa shape index (κ3) is 10.5. The van der Waals surface area contributed by atoms with Crippen LogP contribution in [0.25, 0.3) is 0 Å². The zero-order valence-electron chi connectivity index (χ0n) is 25.7. The van der Waals surface area contributed by atoms with Gasteiger partial charge in [0.05, 0.1) is 6.61 Å². The third-order valence-corrected chi connectivity index (χ3v) is 7.47. The Hall–Kier alpha value is -1.53. The number of esters is 3. The van der Waals surface area contributed by atoms with Crippen molar-refractivity contribution in [1.82, 2.24) is 5.32 Å². The molecule has 258 valence electrons. The molecule has 1 amide bonds. The Labute approximate surface area is 275 Å². The number of alkyl halides is 3. The fourth-order valence-electron chi connectivity index (χ4n) is 5.01. The van der Waals surface area contributed by atoms with Crippen molar-refractivity contribution in [3.8, 4) is 0 Å². The van der Waals surface area contributed by atoms with Gasteiger partial charge in [-0.05, 0) is 20.3 Å². The van der Waals surface area contributed by atoms with E-state index in [4.69, 9.17) is 77.4 Å². The van der Waals surface area contributed by atoms with Gasteiger partial charge in [0.1, 0.15) is 43.2 Å². The van der Waals surface area contributed by atoms with Gasteiger partial charge in [0.25, 0.3) is 9.70 Å². The van der Waals surface area contributed by atoms with Crippen LogP contribution < -0.4 is 5.32 Å². The molecule has 3 aliphatic heterocycles. The molecule has 0 spiro atoms. The molecular formula is C27H40Cl3NO14. The number of amides is 1. The molecule has 18 heteroatoms. The summed E-state index contributed by atoms with van der Waals surface area (Å²) < 4.78 is 49.9. The van der Waals surface area contributed by atoms with E-state index in [0.29, 0.717) is 6.42 Å². The molecule has 15 nitrogen and oxygen atoms in total. The van der Waals surface area contributed by atoms with Crippen molar-refractivity contribution in [2.24, 2.45) is 0 Å². The quantitative estimate of drug-likeness (QED) is 0.136. The number of rotatable bonds is 11. The number of nitrogens with one attached hydrogen (secondary N) is 1. The summed E-state index contributed by atoms with van der Waals surface area (Å²) >= 11 is 17.6. The molecule has 45 heavy (non-hydrogen) atoms. The zero-order valence-corrected chi connectivity index (χ0v) is 28.0. The van der Waals surface area contributed by atoms with Crippen LogP contribution in [0.15, 0.2) is 0 Å². The average Bonchev–Trinajstić information content (AvgIpc) is 2.91. The highest BCUT2D eigenvalue weighted by Gasteiger charge is 2.57. The summed E-state index contributed by atoms with van der Waals surface area (Å²) in [5.74, 6) is -4.48. The third-order valence-electron chi connectivity index (χ3n) is 6.96. The Morgan fingerprint density at radius 2 is 1.60 bits per heavy atom. The maximum absolute atomic E-state index is 13.0. The lowest BCUT2D eigenvalue weighted by atomic mass is 9.94. The fourth-order valence-corrected chi connectivity index (χ4v) is 5.17. The highest BCUT2D eigenvalue weighted by molar-refractivity contribution is 6.76. The second-order valence-electron chi connectivity index (χ2n) is 11.1. The summed E-state index contributed by atoms with van der Waals surface area (Å²) in [6, 6.07) is -1.23. The van der Waals surface area contributed by atoms with Crippen LogP contribution in [0.1, 0.15) is 54.4 Å². The lowest BCUT2D eigenvalue weighted by Gasteiger charge is -2.52. The summed E-state index contributed by atoms with van der Waals surface area (Å²) in [5.41, 5.74) is 0. The molecule has 0 aromatic heterocycles. The molecule has 3 aliphatic rings. The maximum Gasteiger partial charge on any atom is 0.303 e. The molecule has 0 radical (unpaired) electrons. The van der Waals surface area contributed by atoms with E-state index >= 15 is 0 Å². The standard InChI is InChI=1S/C27H40Cl3NO14/c1-7-8-9-37-23-17(31-25(36)27(28,29)30)21(20-16(42-23)11-39-26(5,6)45-20)44-24-22(41-14(4)34)18(35)19(40-13(3)33)15(43-24)10-38-12(2)32/h15-24,35H,7-11H2,1-6H3,(H,31,36)/t15?,16?,17-,18?,19-,20+,21?,22-,23+,24-/m0/s1. The Balaban J connectivity index is 2.06. The number of hydrogen-bond donors (Lipinski definition) is 2. The van der Waals surface area contributed by atoms with Crippen LogP contribution in [0.5, 0.6) is 0 Å². The molecule has 3 fully saturated rings. The van der Waals surface area contributed by atoms with E-state index in [9.17, 15) is 24.3 Å². The first-order chi connectivity index (χ1) is 20.9. The largest absolute Gasteiger partial charge is 0.463 e. The Kier molecular flexibility index (Phi) is 13.5. The van der Waals surface area contributed by atoms with Gasteiger partial charge in [0, 0.05) is 27.4 Å². The van der Waals surface area contributed by atoms with Gasteiger partial charge in [-0.1, -0.05) is 48.1 Å². The highest BCUT2D eigenvalue weighted by Crippen LogP contribution is 2.38. The van der Waals surface area contributed by atoms with Gasteiger partial charge in [0.15, 0.2) is 30.6 Å². The highest BCUT2D eigenvalue weighted by atomic mass is 35.6. The Morgan fingerprint density at radius 3 is 2.18 bits per heavy atom. The molecule has 0 aromatic carbocycles. The Morgan fingerprint density at radius 1 is 0.956 bits per heavy atom. The summed E-state index contributed by atoms with van der Waals surface area (Å²) in [7, 11) is 0. The number of aliphatic hydroxyl groups excluding tert-OH is 1. The van der Waals surface area contributed by atoms with Crippen molar-refractivity contribution in [3.63, 3.8) is 0 Å². The fraction of sp³-hybridized carbons (Fsp3) is 0.852. The molecule has 3 saturated heterocycles. The van der Waals surface area contributed by atoms with Crippen LogP contribution in [0.4, 0.5) is 0 Å². The zero-order chi connectivity index (χ0) is 33.7. The van der Waals surface area contributed by atoms with E-state index < -0.39 is 101 Å². The maximum atomic E-state index is 13.0. The minimum absolute atomic E-state index is 0.0292. The number of carbonyl (C=O) groups excluding carboxylic acids is 4. The molecule has 0 aliphatic carbocycles. The lowest BCUT2D eigenvalue weighted by molar-refractivity contribution is -0.393. The van der Waals surface area contributed by atoms with E-state index in [1.807, 2.05) is 6.92 Å². The van der Waals surface area contributed by atoms with E-state index in [0.717, 1.165) is 27.2 Å². The number of fused-ring (bicyclic) bond motifs is 1. The average molecular weight is 709 g/mol. The van der Waals surface area contributed by atoms with Gasteiger partial charge in [-0.2, -0.15) is 0 Å². The summed E-state index contributed by atoms with van der Waals surface area (Å²) in [6.45, 7) is 8.39. The molecule has 10 atom stereocenters. The van der Waals surface area contributed by atoms with Crippen molar-refractivity contribution < 1.29 is 66.9 Å². The first-order valence-corrected chi connectivity index (χ1v) is 15.5. The van der Waals surface area contributed by atoms with Crippen LogP contribution in [0.2, 0.25) is 0 Å². The number of aliphatic hydroxyl groups is 1. The van der Waals surface area contributed by atoms with Gasteiger partial charge in [-0.25, -0.2) is 0 Å². The van der Waals surface area contributed by atoms with Crippen LogP contribution in [0, 0.1) is 0 Å². The Bertz CT molecular complexity index is 1060. The second-order valence-corrected chi connectivity index (χ2v) is 13.4. The second kappa shape index (κ2) is 16.0. The molecule has 4 unspecified atom stereocenters. The summed E-state index contributed by atoms with van der Waals surface area (Å²) in [6.07, 6.45) is -10.4. The van der Waals surface area contributed by atoms with E-state index in [1.165, 1.54) is 0 Å². The van der Waals surface area contributed by atoms with Gasteiger partial charge in [-0.15, -0.1) is 0 Å². The molecule has 3 heterocycles. The van der Waals surface area contributed by atoms with E-state index in [1.54, 1.807) is 13.8 Å². The van der Waals surface area contributed by atoms with E-state index in [2.05, 4.69) is 5.32 Å². The number of hydrogen-bond acceptors (Lipinski definition) is 14. The van der Waals surface area contributed by atoms with Crippen LogP contribution in [-0.2, 0) is 61.8 Å². The van der Waals surface area contributed by atoms with Gasteiger partial charge in [0.2, 0.25) is 0 Å². The minimum atomic E-state index is -2.39. The van der Waals surface area contributed by atoms with Gasteiger partial charge >= 0.3 is 17.9 Å². The predicted octanol–water partition coefficient (Wildman–Crippen LogP) is 1.43. The molecular weight excluding hydrogens is 669 g/mol. The van der Waals surface area contributed by atoms with Crippen LogP contribution in [-0.4, -0.2) is 120 Å². The molecule has 3 rings (SSSR count). The van der Waals surface area contributed by atoms with E-state index in [-0.39, 0.29) is 13.2 Å². The van der Waals surface area contributed by atoms with Crippen LogP contribution in [0.3, 0.4) is 0 Å². The number of halogens is 3. The van der Waals surface area contributed by atoms with Crippen molar-refractivity contribution in [2.75, 3.05) is 19.8 Å². The normalized spacial score (nSPS) is 34.6. The topological polar surface area (TPSA) is 184 Å². The first kappa shape index (κ1) is 37.9. The summed E-state index contributed by atoms with van der Waals surface area (Å²) in [5, 5.41) is 13.9. The minimum Gasteiger partial charge on any atom is -0.463 e. The number of carbonyl (C=O) groups is 4. The van der Waals surface area contributed by atoms with Crippen molar-refractivity contribution >= 4 is 58.6 Å². The molecule has 2 N–H and O–H groups in total. The monoisotopic (exact) mass is 707 g/mol. The van der Waals surface area contributed by atoms with Crippen LogP contribution >= 0.6 is 34.8 Å². The lowest BCUT2D eigenvalue weighted by Crippen LogP contribution is -2.71. The number of ether oxygens (including phenoxy) is 9. The first-order valence-electron chi connectivity index (χ1n) is 14.4. The summed E-state index contributed by atoms with van der Waals surface area (Å²) in [4.78, 5) is 48.6. The van der Waals surface area contributed by atoms with Crippen molar-refractivity contribution in [3.05, 3.63) is 0 Å².